The second-order valence-corrected chi connectivity index (χ2v) is 5.24. The fourth-order valence-electron chi connectivity index (χ4n) is 0.407. The normalized spacial score (nSPS) is 14.8. The summed E-state index contributed by atoms with van der Waals surface area (Å²) in [4.78, 5) is 0. The lowest BCUT2D eigenvalue weighted by molar-refractivity contribution is 0.204. The highest BCUT2D eigenvalue weighted by Crippen LogP contribution is 2.00. The van der Waals surface area contributed by atoms with Crippen molar-refractivity contribution in [3.63, 3.8) is 0 Å². The molecular weight excluding hydrogens is 186 g/mol. The van der Waals surface area contributed by atoms with E-state index in [2.05, 4.69) is 22.1 Å². The zero-order valence-corrected chi connectivity index (χ0v) is 8.28. The third-order valence-electron chi connectivity index (χ3n) is 1.06. The first-order valence-electron chi connectivity index (χ1n) is 3.16. The number of thiol groups is 1. The average molecular weight is 199 g/mol. The van der Waals surface area contributed by atoms with Crippen molar-refractivity contribution in [2.45, 2.75) is 11.5 Å². The van der Waals surface area contributed by atoms with Crippen LogP contribution in [0.2, 0.25) is 0 Å². The van der Waals surface area contributed by atoms with Gasteiger partial charge in [0.1, 0.15) is 4.58 Å². The Morgan fingerprint density at radius 3 is 2.55 bits per heavy atom. The quantitative estimate of drug-likeness (QED) is 0.477. The first-order chi connectivity index (χ1) is 5.00. The molecule has 0 amide bonds. The maximum Gasteiger partial charge on any atom is 0.223 e. The van der Waals surface area contributed by atoms with Gasteiger partial charge in [-0.1, -0.05) is 0 Å². The third kappa shape index (κ3) is 4.62. The van der Waals surface area contributed by atoms with Crippen molar-refractivity contribution in [2.75, 3.05) is 20.3 Å². The van der Waals surface area contributed by atoms with Gasteiger partial charge in [0.05, 0.1) is 6.61 Å². The molecule has 0 rings (SSSR count). The van der Waals surface area contributed by atoms with Crippen LogP contribution in [0.4, 0.5) is 0 Å². The Balaban J connectivity index is 3.75. The zero-order valence-electron chi connectivity index (χ0n) is 6.57. The van der Waals surface area contributed by atoms with Crippen LogP contribution in [0.15, 0.2) is 0 Å². The highest BCUT2D eigenvalue weighted by Gasteiger charge is 2.14. The van der Waals surface area contributed by atoms with Crippen molar-refractivity contribution < 1.29 is 13.2 Å². The van der Waals surface area contributed by atoms with E-state index in [-0.39, 0.29) is 0 Å². The minimum Gasteiger partial charge on any atom is -0.383 e. The molecule has 0 unspecified atom stereocenters. The lowest BCUT2D eigenvalue weighted by atomic mass is 10.7. The van der Waals surface area contributed by atoms with Crippen LogP contribution in [0.3, 0.4) is 0 Å². The van der Waals surface area contributed by atoms with Crippen LogP contribution in [0, 0.1) is 0 Å². The molecule has 0 saturated heterocycles. The smallest absolute Gasteiger partial charge is 0.223 e. The maximum absolute atomic E-state index is 11.0. The molecule has 0 bridgehead atoms. The minimum absolute atomic E-state index is 0.295. The molecule has 1 atom stereocenters. The lowest BCUT2D eigenvalue weighted by Crippen LogP contribution is -2.32. The second kappa shape index (κ2) is 4.97. The molecule has 0 spiro atoms. The number of ether oxygens (including phenoxy) is 1. The van der Waals surface area contributed by atoms with Gasteiger partial charge in [0, 0.05) is 13.7 Å². The van der Waals surface area contributed by atoms with Gasteiger partial charge in [-0.15, -0.1) is 0 Å². The molecule has 0 radical (unpaired) electrons. The molecule has 68 valence electrons. The second-order valence-electron chi connectivity index (χ2n) is 2.03. The fourth-order valence-corrected chi connectivity index (χ4v) is 1.24. The molecule has 0 aliphatic rings. The molecule has 0 aromatic heterocycles. The first-order valence-corrected chi connectivity index (χ1v) is 5.22. The van der Waals surface area contributed by atoms with Crippen LogP contribution in [-0.4, -0.2) is 33.3 Å². The van der Waals surface area contributed by atoms with E-state index in [0.717, 1.165) is 0 Å². The van der Waals surface area contributed by atoms with Crippen molar-refractivity contribution in [1.29, 1.82) is 0 Å². The van der Waals surface area contributed by atoms with Crippen molar-refractivity contribution >= 4 is 22.7 Å². The van der Waals surface area contributed by atoms with Crippen LogP contribution in [0.25, 0.3) is 0 Å². The van der Waals surface area contributed by atoms with Gasteiger partial charge in [-0.25, -0.2) is 13.1 Å². The SMILES string of the molecule is COCCNS(=O)(=O)[C@H](C)S. The van der Waals surface area contributed by atoms with Gasteiger partial charge in [-0.2, -0.15) is 12.6 Å². The summed E-state index contributed by atoms with van der Waals surface area (Å²) >= 11 is 3.79. The number of sulfonamides is 1. The van der Waals surface area contributed by atoms with Gasteiger partial charge in [-0.3, -0.25) is 0 Å². The summed E-state index contributed by atoms with van der Waals surface area (Å²) in [6, 6.07) is 0. The van der Waals surface area contributed by atoms with Gasteiger partial charge < -0.3 is 4.74 Å². The van der Waals surface area contributed by atoms with E-state index in [1.165, 1.54) is 14.0 Å². The average Bonchev–Trinajstić information content (AvgIpc) is 1.88. The largest absolute Gasteiger partial charge is 0.383 e. The van der Waals surface area contributed by atoms with Gasteiger partial charge in [0.25, 0.3) is 0 Å². The molecule has 0 fully saturated rings. The number of hydrogen-bond acceptors (Lipinski definition) is 4. The van der Waals surface area contributed by atoms with Crippen LogP contribution < -0.4 is 4.72 Å². The Hall–Kier alpha value is 0.220. The molecule has 4 nitrogen and oxygen atoms in total. The monoisotopic (exact) mass is 199 g/mol. The van der Waals surface area contributed by atoms with Crippen molar-refractivity contribution in [2.24, 2.45) is 0 Å². The zero-order chi connectivity index (χ0) is 8.91. The first kappa shape index (κ1) is 11.2. The molecule has 0 heterocycles. The van der Waals surface area contributed by atoms with E-state index in [1.54, 1.807) is 0 Å². The standard InChI is InChI=1S/C5H13NO3S2/c1-5(10)11(7,8)6-3-4-9-2/h5-6,10H,3-4H2,1-2H3/t5-/m1/s1. The van der Waals surface area contributed by atoms with Gasteiger partial charge >= 0.3 is 0 Å². The van der Waals surface area contributed by atoms with E-state index in [0.29, 0.717) is 13.2 Å². The molecule has 6 heteroatoms. The third-order valence-corrected chi connectivity index (χ3v) is 3.40. The number of methoxy groups -OCH3 is 1. The summed E-state index contributed by atoms with van der Waals surface area (Å²) in [5.41, 5.74) is 0. The van der Waals surface area contributed by atoms with E-state index in [4.69, 9.17) is 0 Å². The minimum atomic E-state index is -3.24. The summed E-state index contributed by atoms with van der Waals surface area (Å²) < 4.78 is 28.2. The number of nitrogens with one attached hydrogen (secondary N) is 1. The summed E-state index contributed by atoms with van der Waals surface area (Å²) in [6.07, 6.45) is 0. The van der Waals surface area contributed by atoms with E-state index in [9.17, 15) is 8.42 Å². The van der Waals surface area contributed by atoms with Crippen LogP contribution in [-0.2, 0) is 14.8 Å². The Labute approximate surface area is 72.8 Å². The van der Waals surface area contributed by atoms with E-state index in [1.807, 2.05) is 0 Å². The summed E-state index contributed by atoms with van der Waals surface area (Å²) in [7, 11) is -1.72. The molecule has 0 aliphatic carbocycles. The van der Waals surface area contributed by atoms with Crippen LogP contribution in [0.1, 0.15) is 6.92 Å². The van der Waals surface area contributed by atoms with Crippen molar-refractivity contribution in [1.82, 2.24) is 4.72 Å². The van der Waals surface area contributed by atoms with Gasteiger partial charge in [-0.05, 0) is 6.92 Å². The predicted octanol–water partition coefficient (Wildman–Crippen LogP) is -0.172. The molecular formula is C5H13NO3S2. The highest BCUT2D eigenvalue weighted by atomic mass is 32.3. The topological polar surface area (TPSA) is 55.4 Å². The Morgan fingerprint density at radius 2 is 2.18 bits per heavy atom. The summed E-state index contributed by atoms with van der Waals surface area (Å²) in [5.74, 6) is 0. The predicted molar refractivity (Wildman–Crippen MR) is 47.2 cm³/mol. The Kier molecular flexibility index (Phi) is 5.07. The van der Waals surface area contributed by atoms with Crippen molar-refractivity contribution in [3.05, 3.63) is 0 Å². The molecule has 11 heavy (non-hydrogen) atoms. The van der Waals surface area contributed by atoms with Gasteiger partial charge in [0.15, 0.2) is 0 Å². The van der Waals surface area contributed by atoms with Crippen LogP contribution >= 0.6 is 12.6 Å². The highest BCUT2D eigenvalue weighted by molar-refractivity contribution is 8.03. The fraction of sp³-hybridized carbons (Fsp3) is 1.00. The Morgan fingerprint density at radius 1 is 1.64 bits per heavy atom. The molecule has 0 aromatic rings. The van der Waals surface area contributed by atoms with E-state index >= 15 is 0 Å². The van der Waals surface area contributed by atoms with Crippen molar-refractivity contribution in [3.8, 4) is 0 Å². The molecule has 1 N–H and O–H groups in total. The number of rotatable bonds is 5. The van der Waals surface area contributed by atoms with Gasteiger partial charge in [0.2, 0.25) is 10.0 Å². The lowest BCUT2D eigenvalue weighted by Gasteiger charge is -2.07. The summed E-state index contributed by atoms with van der Waals surface area (Å²) in [6.45, 7) is 2.17. The molecule has 0 aliphatic heterocycles. The molecule has 0 saturated carbocycles. The maximum atomic E-state index is 11.0. The summed E-state index contributed by atoms with van der Waals surface area (Å²) in [5, 5.41) is 0. The molecule has 0 aromatic carbocycles. The van der Waals surface area contributed by atoms with Crippen LogP contribution in [0.5, 0.6) is 0 Å². The Bertz CT molecular complexity index is 188. The number of hydrogen-bond donors (Lipinski definition) is 2. The van der Waals surface area contributed by atoms with E-state index < -0.39 is 14.6 Å².